The third-order valence-electron chi connectivity index (χ3n) is 2.48. The van der Waals surface area contributed by atoms with Crippen molar-refractivity contribution in [3.63, 3.8) is 0 Å². The van der Waals surface area contributed by atoms with Gasteiger partial charge in [-0.25, -0.2) is 0 Å². The van der Waals surface area contributed by atoms with E-state index in [1.807, 2.05) is 7.05 Å². The minimum absolute atomic E-state index is 0.0364. The Balaban J connectivity index is 2.13. The van der Waals surface area contributed by atoms with Gasteiger partial charge in [-0.3, -0.25) is 0 Å². The molecule has 1 heterocycles. The second-order valence-electron chi connectivity index (χ2n) is 3.53. The summed E-state index contributed by atoms with van der Waals surface area (Å²) < 4.78 is 10.8. The quantitative estimate of drug-likeness (QED) is 0.684. The van der Waals surface area contributed by atoms with Crippen LogP contribution in [0, 0.1) is 0 Å². The van der Waals surface area contributed by atoms with Crippen molar-refractivity contribution < 1.29 is 9.47 Å². The van der Waals surface area contributed by atoms with E-state index in [-0.39, 0.29) is 6.29 Å². The zero-order chi connectivity index (χ0) is 9.52. The van der Waals surface area contributed by atoms with Gasteiger partial charge in [0.2, 0.25) is 0 Å². The van der Waals surface area contributed by atoms with Gasteiger partial charge in [0.25, 0.3) is 0 Å². The summed E-state index contributed by atoms with van der Waals surface area (Å²) in [5, 5.41) is 3.30. The molecule has 0 aromatic carbocycles. The molecule has 0 aliphatic carbocycles. The smallest absolute Gasteiger partial charge is 0.159 e. The van der Waals surface area contributed by atoms with Crippen LogP contribution >= 0.6 is 0 Å². The molecule has 3 nitrogen and oxygen atoms in total. The van der Waals surface area contributed by atoms with Crippen molar-refractivity contribution in [2.24, 2.45) is 0 Å². The first-order valence-electron chi connectivity index (χ1n) is 5.27. The largest absolute Gasteiger partial charge is 0.350 e. The van der Waals surface area contributed by atoms with E-state index in [1.54, 1.807) is 0 Å². The Bertz CT molecular complexity index is 124. The molecule has 3 heteroatoms. The van der Waals surface area contributed by atoms with E-state index in [0.717, 1.165) is 19.6 Å². The van der Waals surface area contributed by atoms with Gasteiger partial charge in [-0.2, -0.15) is 0 Å². The molecule has 1 unspecified atom stereocenters. The molecule has 1 aliphatic heterocycles. The van der Waals surface area contributed by atoms with E-state index < -0.39 is 0 Å². The lowest BCUT2D eigenvalue weighted by Gasteiger charge is -2.18. The minimum atomic E-state index is 0.0364. The first kappa shape index (κ1) is 11.0. The average Bonchev–Trinajstić information content (AvgIpc) is 2.64. The SMILES string of the molecule is CCCCC(CC1OCCO1)NC. The van der Waals surface area contributed by atoms with Crippen LogP contribution in [0.4, 0.5) is 0 Å². The molecule has 1 aliphatic rings. The van der Waals surface area contributed by atoms with Crippen LogP contribution in [0.25, 0.3) is 0 Å². The second-order valence-corrected chi connectivity index (χ2v) is 3.53. The number of nitrogens with one attached hydrogen (secondary N) is 1. The van der Waals surface area contributed by atoms with Crippen molar-refractivity contribution in [3.05, 3.63) is 0 Å². The normalized spacial score (nSPS) is 20.8. The van der Waals surface area contributed by atoms with Crippen molar-refractivity contribution in [2.75, 3.05) is 20.3 Å². The molecule has 13 heavy (non-hydrogen) atoms. The summed E-state index contributed by atoms with van der Waals surface area (Å²) in [5.74, 6) is 0. The van der Waals surface area contributed by atoms with Gasteiger partial charge in [-0.15, -0.1) is 0 Å². The molecule has 1 fully saturated rings. The summed E-state index contributed by atoms with van der Waals surface area (Å²) in [4.78, 5) is 0. The Morgan fingerprint density at radius 1 is 1.38 bits per heavy atom. The molecule has 0 radical (unpaired) electrons. The fourth-order valence-electron chi connectivity index (χ4n) is 1.61. The Labute approximate surface area is 80.8 Å². The Morgan fingerprint density at radius 2 is 2.08 bits per heavy atom. The minimum Gasteiger partial charge on any atom is -0.350 e. The van der Waals surface area contributed by atoms with E-state index in [2.05, 4.69) is 12.2 Å². The van der Waals surface area contributed by atoms with Gasteiger partial charge < -0.3 is 14.8 Å². The summed E-state index contributed by atoms with van der Waals surface area (Å²) >= 11 is 0. The fraction of sp³-hybridized carbons (Fsp3) is 1.00. The highest BCUT2D eigenvalue weighted by atomic mass is 16.7. The maximum atomic E-state index is 5.40. The van der Waals surface area contributed by atoms with Crippen molar-refractivity contribution in [3.8, 4) is 0 Å². The molecule has 0 spiro atoms. The average molecular weight is 187 g/mol. The standard InChI is InChI=1S/C10H21NO2/c1-3-4-5-9(11-2)8-10-12-6-7-13-10/h9-11H,3-8H2,1-2H3. The Hall–Kier alpha value is -0.120. The van der Waals surface area contributed by atoms with E-state index >= 15 is 0 Å². The number of hydrogen-bond donors (Lipinski definition) is 1. The number of unbranched alkanes of at least 4 members (excludes halogenated alkanes) is 1. The van der Waals surface area contributed by atoms with Crippen molar-refractivity contribution in [1.82, 2.24) is 5.32 Å². The fourth-order valence-corrected chi connectivity index (χ4v) is 1.61. The predicted octanol–water partition coefficient (Wildman–Crippen LogP) is 1.53. The van der Waals surface area contributed by atoms with Gasteiger partial charge in [0.1, 0.15) is 0 Å². The summed E-state index contributed by atoms with van der Waals surface area (Å²) in [6.45, 7) is 3.74. The molecule has 1 saturated heterocycles. The molecular weight excluding hydrogens is 166 g/mol. The van der Waals surface area contributed by atoms with Crippen LogP contribution in [0.3, 0.4) is 0 Å². The zero-order valence-electron chi connectivity index (χ0n) is 8.71. The van der Waals surface area contributed by atoms with Crippen LogP contribution in [0.5, 0.6) is 0 Å². The van der Waals surface area contributed by atoms with Crippen LogP contribution in [-0.4, -0.2) is 32.6 Å². The van der Waals surface area contributed by atoms with Crippen molar-refractivity contribution in [2.45, 2.75) is 44.9 Å². The van der Waals surface area contributed by atoms with E-state index in [4.69, 9.17) is 9.47 Å². The second kappa shape index (κ2) is 6.35. The van der Waals surface area contributed by atoms with Crippen LogP contribution in [0.15, 0.2) is 0 Å². The van der Waals surface area contributed by atoms with Gasteiger partial charge in [0.05, 0.1) is 13.2 Å². The van der Waals surface area contributed by atoms with Crippen LogP contribution < -0.4 is 5.32 Å². The number of rotatable bonds is 6. The monoisotopic (exact) mass is 187 g/mol. The van der Waals surface area contributed by atoms with Crippen LogP contribution in [0.2, 0.25) is 0 Å². The van der Waals surface area contributed by atoms with Crippen molar-refractivity contribution >= 4 is 0 Å². The molecular formula is C10H21NO2. The molecule has 78 valence electrons. The van der Waals surface area contributed by atoms with Crippen molar-refractivity contribution in [1.29, 1.82) is 0 Å². The highest BCUT2D eigenvalue weighted by molar-refractivity contribution is 4.68. The Kier molecular flexibility index (Phi) is 5.35. The summed E-state index contributed by atoms with van der Waals surface area (Å²) in [5.41, 5.74) is 0. The summed E-state index contributed by atoms with van der Waals surface area (Å²) in [6, 6.07) is 0.544. The third-order valence-corrected chi connectivity index (χ3v) is 2.48. The lowest BCUT2D eigenvalue weighted by molar-refractivity contribution is -0.0528. The highest BCUT2D eigenvalue weighted by Crippen LogP contribution is 2.13. The van der Waals surface area contributed by atoms with E-state index in [0.29, 0.717) is 6.04 Å². The number of ether oxygens (including phenoxy) is 2. The van der Waals surface area contributed by atoms with Gasteiger partial charge in [0, 0.05) is 12.5 Å². The molecule has 0 aromatic heterocycles. The van der Waals surface area contributed by atoms with Crippen LogP contribution in [0.1, 0.15) is 32.6 Å². The lowest BCUT2D eigenvalue weighted by Crippen LogP contribution is -2.30. The molecule has 0 amide bonds. The molecule has 0 saturated carbocycles. The zero-order valence-corrected chi connectivity index (χ0v) is 8.71. The van der Waals surface area contributed by atoms with E-state index in [1.165, 1.54) is 19.3 Å². The summed E-state index contributed by atoms with van der Waals surface area (Å²) in [6.07, 6.45) is 4.77. The van der Waals surface area contributed by atoms with E-state index in [9.17, 15) is 0 Å². The van der Waals surface area contributed by atoms with Gasteiger partial charge in [0.15, 0.2) is 6.29 Å². The third kappa shape index (κ3) is 4.07. The first-order chi connectivity index (χ1) is 6.36. The maximum absolute atomic E-state index is 5.40. The first-order valence-corrected chi connectivity index (χ1v) is 5.27. The molecule has 1 atom stereocenters. The Morgan fingerprint density at radius 3 is 2.62 bits per heavy atom. The molecule has 1 N–H and O–H groups in total. The summed E-state index contributed by atoms with van der Waals surface area (Å²) in [7, 11) is 2.01. The maximum Gasteiger partial charge on any atom is 0.159 e. The van der Waals surface area contributed by atoms with Gasteiger partial charge >= 0.3 is 0 Å². The molecule has 1 rings (SSSR count). The number of hydrogen-bond acceptors (Lipinski definition) is 3. The van der Waals surface area contributed by atoms with Crippen LogP contribution in [-0.2, 0) is 9.47 Å². The topological polar surface area (TPSA) is 30.5 Å². The molecule has 0 aromatic rings. The van der Waals surface area contributed by atoms with Gasteiger partial charge in [-0.1, -0.05) is 19.8 Å². The predicted molar refractivity (Wildman–Crippen MR) is 52.7 cm³/mol. The lowest BCUT2D eigenvalue weighted by atomic mass is 10.1. The highest BCUT2D eigenvalue weighted by Gasteiger charge is 2.19. The molecule has 0 bridgehead atoms. The van der Waals surface area contributed by atoms with Gasteiger partial charge in [-0.05, 0) is 13.5 Å².